The molecule has 0 bridgehead atoms. The van der Waals surface area contributed by atoms with Crippen molar-refractivity contribution in [3.05, 3.63) is 52.1 Å². The Morgan fingerprint density at radius 1 is 1.19 bits per heavy atom. The molecule has 0 spiro atoms. The topological polar surface area (TPSA) is 81.5 Å². The maximum atomic E-state index is 12.9. The number of nitrogens with zero attached hydrogens (tertiary/aromatic N) is 3. The predicted octanol–water partition coefficient (Wildman–Crippen LogP) is 3.66. The lowest BCUT2D eigenvalue weighted by Gasteiger charge is -2.27. The lowest BCUT2D eigenvalue weighted by atomic mass is 10.0. The van der Waals surface area contributed by atoms with Gasteiger partial charge in [0.05, 0.1) is 5.39 Å². The quantitative estimate of drug-likeness (QED) is 0.635. The SMILES string of the molecule is CC(C)Cn1nc(C(=O)OCC(=O)N(C2=CCCCC2)C2CC2)c2ccccc2c1=O. The Balaban J connectivity index is 1.55. The fourth-order valence-corrected chi connectivity index (χ4v) is 4.09. The van der Waals surface area contributed by atoms with Crippen molar-refractivity contribution in [3.8, 4) is 0 Å². The van der Waals surface area contributed by atoms with E-state index in [1.54, 1.807) is 24.3 Å². The molecule has 1 amide bonds. The number of aromatic nitrogens is 2. The molecule has 1 fully saturated rings. The molecule has 0 saturated heterocycles. The van der Waals surface area contributed by atoms with Crippen LogP contribution in [0.1, 0.15) is 62.9 Å². The molecule has 0 radical (unpaired) electrons. The van der Waals surface area contributed by atoms with Crippen molar-refractivity contribution in [2.45, 2.75) is 65.0 Å². The Morgan fingerprint density at radius 2 is 1.94 bits per heavy atom. The summed E-state index contributed by atoms with van der Waals surface area (Å²) in [4.78, 5) is 40.4. The van der Waals surface area contributed by atoms with Gasteiger partial charge in [-0.2, -0.15) is 5.10 Å². The van der Waals surface area contributed by atoms with Gasteiger partial charge in [0.25, 0.3) is 11.5 Å². The fourth-order valence-electron chi connectivity index (χ4n) is 4.09. The Morgan fingerprint density at radius 3 is 2.58 bits per heavy atom. The van der Waals surface area contributed by atoms with Crippen LogP contribution in [-0.2, 0) is 16.1 Å². The molecule has 1 saturated carbocycles. The van der Waals surface area contributed by atoms with E-state index < -0.39 is 5.97 Å². The van der Waals surface area contributed by atoms with Crippen LogP contribution in [0.25, 0.3) is 10.8 Å². The number of benzene rings is 1. The number of esters is 1. The number of carbonyl (C=O) groups is 2. The van der Waals surface area contributed by atoms with Crippen LogP contribution in [0.3, 0.4) is 0 Å². The van der Waals surface area contributed by atoms with E-state index in [9.17, 15) is 14.4 Å². The molecule has 7 heteroatoms. The van der Waals surface area contributed by atoms with E-state index in [4.69, 9.17) is 4.74 Å². The molecular formula is C24H29N3O4. The molecule has 1 heterocycles. The summed E-state index contributed by atoms with van der Waals surface area (Å²) in [5.74, 6) is -0.688. The van der Waals surface area contributed by atoms with Crippen LogP contribution in [0.15, 0.2) is 40.8 Å². The van der Waals surface area contributed by atoms with Gasteiger partial charge in [-0.3, -0.25) is 9.59 Å². The second-order valence-electron chi connectivity index (χ2n) is 8.79. The maximum absolute atomic E-state index is 12.9. The van der Waals surface area contributed by atoms with Gasteiger partial charge in [-0.05, 0) is 50.5 Å². The van der Waals surface area contributed by atoms with Crippen LogP contribution in [0, 0.1) is 5.92 Å². The summed E-state index contributed by atoms with van der Waals surface area (Å²) < 4.78 is 6.73. The van der Waals surface area contributed by atoms with Crippen LogP contribution in [0.5, 0.6) is 0 Å². The van der Waals surface area contributed by atoms with Gasteiger partial charge in [0.15, 0.2) is 12.3 Å². The highest BCUT2D eigenvalue weighted by Crippen LogP contribution is 2.33. The first kappa shape index (κ1) is 21.3. The van der Waals surface area contributed by atoms with Gasteiger partial charge >= 0.3 is 5.97 Å². The minimum absolute atomic E-state index is 0.0681. The van der Waals surface area contributed by atoms with Crippen molar-refractivity contribution >= 4 is 22.6 Å². The van der Waals surface area contributed by atoms with Gasteiger partial charge in [-0.15, -0.1) is 0 Å². The summed E-state index contributed by atoms with van der Waals surface area (Å²) in [7, 11) is 0. The van der Waals surface area contributed by atoms with Gasteiger partial charge in [0.1, 0.15) is 0 Å². The first-order chi connectivity index (χ1) is 15.0. The largest absolute Gasteiger partial charge is 0.451 e. The molecule has 2 aromatic rings. The van der Waals surface area contributed by atoms with Crippen LogP contribution >= 0.6 is 0 Å². The highest BCUT2D eigenvalue weighted by molar-refractivity contribution is 6.02. The van der Waals surface area contributed by atoms with E-state index in [-0.39, 0.29) is 35.7 Å². The molecule has 1 aromatic heterocycles. The van der Waals surface area contributed by atoms with Crippen molar-refractivity contribution in [2.75, 3.05) is 6.61 Å². The van der Waals surface area contributed by atoms with Gasteiger partial charge < -0.3 is 9.64 Å². The highest BCUT2D eigenvalue weighted by atomic mass is 16.5. The van der Waals surface area contributed by atoms with Crippen LogP contribution in [0.2, 0.25) is 0 Å². The molecule has 1 aromatic carbocycles. The zero-order chi connectivity index (χ0) is 22.0. The minimum Gasteiger partial charge on any atom is -0.451 e. The van der Waals surface area contributed by atoms with Crippen molar-refractivity contribution in [3.63, 3.8) is 0 Å². The first-order valence-electron chi connectivity index (χ1n) is 11.1. The maximum Gasteiger partial charge on any atom is 0.359 e. The Hall–Kier alpha value is -2.96. The fraction of sp³-hybridized carbons (Fsp3) is 0.500. The highest BCUT2D eigenvalue weighted by Gasteiger charge is 2.35. The van der Waals surface area contributed by atoms with E-state index in [0.717, 1.165) is 44.2 Å². The number of rotatable bonds is 7. The van der Waals surface area contributed by atoms with E-state index in [1.807, 2.05) is 18.7 Å². The van der Waals surface area contributed by atoms with E-state index in [1.165, 1.54) is 4.68 Å². The molecule has 2 aliphatic rings. The number of hydrogen-bond acceptors (Lipinski definition) is 5. The summed E-state index contributed by atoms with van der Waals surface area (Å²) in [6.07, 6.45) is 8.22. The Kier molecular flexibility index (Phi) is 6.20. The predicted molar refractivity (Wildman–Crippen MR) is 118 cm³/mol. The smallest absolute Gasteiger partial charge is 0.359 e. The third kappa shape index (κ3) is 4.70. The number of fused-ring (bicyclic) bond motifs is 1. The van der Waals surface area contributed by atoms with E-state index in [2.05, 4.69) is 11.2 Å². The van der Waals surface area contributed by atoms with Crippen molar-refractivity contribution < 1.29 is 14.3 Å². The Labute approximate surface area is 181 Å². The summed E-state index contributed by atoms with van der Waals surface area (Å²) in [5.41, 5.74) is 0.892. The Bertz CT molecular complexity index is 1080. The average molecular weight is 424 g/mol. The molecule has 164 valence electrons. The summed E-state index contributed by atoms with van der Waals surface area (Å²) >= 11 is 0. The molecule has 31 heavy (non-hydrogen) atoms. The molecular weight excluding hydrogens is 394 g/mol. The molecule has 4 rings (SSSR count). The van der Waals surface area contributed by atoms with Crippen molar-refractivity contribution in [1.82, 2.24) is 14.7 Å². The second kappa shape index (κ2) is 9.04. The standard InChI is InChI=1S/C24H29N3O4/c1-16(2)14-26-23(29)20-11-7-6-10-19(20)22(25-26)24(30)31-15-21(28)27(18-12-13-18)17-8-4-3-5-9-17/h6-8,10-11,16,18H,3-5,9,12-15H2,1-2H3. The van der Waals surface area contributed by atoms with Crippen molar-refractivity contribution in [2.24, 2.45) is 5.92 Å². The molecule has 0 aliphatic heterocycles. The van der Waals surface area contributed by atoms with Gasteiger partial charge in [0, 0.05) is 23.7 Å². The lowest BCUT2D eigenvalue weighted by molar-refractivity contribution is -0.133. The summed E-state index contributed by atoms with van der Waals surface area (Å²) in [6.45, 7) is 4.03. The zero-order valence-corrected chi connectivity index (χ0v) is 18.2. The van der Waals surface area contributed by atoms with Crippen molar-refractivity contribution in [1.29, 1.82) is 0 Å². The van der Waals surface area contributed by atoms with E-state index in [0.29, 0.717) is 17.3 Å². The molecule has 2 aliphatic carbocycles. The number of ether oxygens (including phenoxy) is 1. The number of allylic oxidation sites excluding steroid dienone is 2. The van der Waals surface area contributed by atoms with Gasteiger partial charge in [-0.1, -0.05) is 38.1 Å². The number of carbonyl (C=O) groups excluding carboxylic acids is 2. The zero-order valence-electron chi connectivity index (χ0n) is 18.2. The average Bonchev–Trinajstić information content (AvgIpc) is 3.60. The van der Waals surface area contributed by atoms with E-state index >= 15 is 0 Å². The van der Waals surface area contributed by atoms with Crippen LogP contribution < -0.4 is 5.56 Å². The molecule has 7 nitrogen and oxygen atoms in total. The molecule has 0 N–H and O–H groups in total. The number of hydrogen-bond donors (Lipinski definition) is 0. The molecule has 0 unspecified atom stereocenters. The van der Waals surface area contributed by atoms with Crippen LogP contribution in [0.4, 0.5) is 0 Å². The normalized spacial score (nSPS) is 16.3. The summed E-state index contributed by atoms with van der Waals surface area (Å²) in [5, 5.41) is 5.16. The van der Waals surface area contributed by atoms with Gasteiger partial charge in [-0.25, -0.2) is 9.48 Å². The third-order valence-corrected chi connectivity index (χ3v) is 5.68. The summed E-state index contributed by atoms with van der Waals surface area (Å²) in [6, 6.07) is 7.10. The van der Waals surface area contributed by atoms with Gasteiger partial charge in [0.2, 0.25) is 0 Å². The van der Waals surface area contributed by atoms with Crippen LogP contribution in [-0.4, -0.2) is 39.2 Å². The monoisotopic (exact) mass is 423 g/mol. The number of amides is 1. The second-order valence-corrected chi connectivity index (χ2v) is 8.79. The lowest BCUT2D eigenvalue weighted by Crippen LogP contribution is -2.36. The third-order valence-electron chi connectivity index (χ3n) is 5.68. The molecule has 0 atom stereocenters. The first-order valence-corrected chi connectivity index (χ1v) is 11.1. The minimum atomic E-state index is -0.685.